The van der Waals surface area contributed by atoms with Crippen molar-refractivity contribution in [2.24, 2.45) is 10.7 Å². The third kappa shape index (κ3) is 5.10. The molecule has 1 aromatic heterocycles. The molecule has 1 fully saturated rings. The van der Waals surface area contributed by atoms with Crippen molar-refractivity contribution in [3.63, 3.8) is 0 Å². The molecular weight excluding hydrogens is 375 g/mol. The number of nitrogens with zero attached hydrogens (tertiary/aromatic N) is 4. The Labute approximate surface area is 158 Å². The van der Waals surface area contributed by atoms with Crippen LogP contribution in [-0.2, 0) is 6.54 Å². The van der Waals surface area contributed by atoms with Gasteiger partial charge in [0.05, 0.1) is 10.7 Å². The van der Waals surface area contributed by atoms with Gasteiger partial charge in [-0.3, -0.25) is 0 Å². The summed E-state index contributed by atoms with van der Waals surface area (Å²) >= 11 is 5.76. The fraction of sp³-hybridized carbons (Fsp3) is 0.438. The number of aliphatic imine (C=N–C) groups is 1. The maximum absolute atomic E-state index is 13.2. The van der Waals surface area contributed by atoms with Crippen LogP contribution in [0.4, 0.5) is 10.1 Å². The molecule has 0 saturated carbocycles. The molecule has 138 valence electrons. The minimum Gasteiger partial charge on any atom is -0.382 e. The Balaban J connectivity index is 1.56. The highest BCUT2D eigenvalue weighted by Crippen LogP contribution is 2.22. The Morgan fingerprint density at radius 1 is 1.38 bits per heavy atom. The Hall–Kier alpha value is -1.81. The molecule has 1 aromatic carbocycles. The number of aromatic nitrogens is 2. The third-order valence-corrected chi connectivity index (χ3v) is 5.50. The fourth-order valence-corrected chi connectivity index (χ4v) is 4.02. The van der Waals surface area contributed by atoms with Crippen molar-refractivity contribution in [1.82, 2.24) is 20.5 Å². The van der Waals surface area contributed by atoms with Crippen LogP contribution in [0, 0.1) is 5.82 Å². The van der Waals surface area contributed by atoms with E-state index in [0.717, 1.165) is 22.6 Å². The summed E-state index contributed by atoms with van der Waals surface area (Å²) < 4.78 is 18.0. The summed E-state index contributed by atoms with van der Waals surface area (Å²) in [7, 11) is 1.11. The largest absolute Gasteiger partial charge is 0.382 e. The van der Waals surface area contributed by atoms with Crippen molar-refractivity contribution >= 4 is 32.6 Å². The maximum atomic E-state index is 13.2. The molecule has 0 atom stereocenters. The van der Waals surface area contributed by atoms with Crippen molar-refractivity contribution in [2.45, 2.75) is 18.6 Å². The molecule has 3 rings (SSSR count). The van der Waals surface area contributed by atoms with E-state index in [-0.39, 0.29) is 10.9 Å². The molecule has 0 spiro atoms. The van der Waals surface area contributed by atoms with Crippen LogP contribution in [0.3, 0.4) is 0 Å². The van der Waals surface area contributed by atoms with Crippen LogP contribution in [0.15, 0.2) is 27.8 Å². The van der Waals surface area contributed by atoms with Gasteiger partial charge in [-0.2, -0.15) is 0 Å². The Kier molecular flexibility index (Phi) is 6.72. The molecule has 2 aromatic rings. The molecule has 1 aliphatic heterocycles. The van der Waals surface area contributed by atoms with Crippen LogP contribution >= 0.6 is 11.6 Å². The van der Waals surface area contributed by atoms with Crippen LogP contribution in [0.5, 0.6) is 0 Å². The number of nitrogens with two attached hydrogens (primary N) is 1. The van der Waals surface area contributed by atoms with E-state index in [1.54, 1.807) is 0 Å². The van der Waals surface area contributed by atoms with E-state index in [0.29, 0.717) is 23.6 Å². The van der Waals surface area contributed by atoms with Gasteiger partial charge in [-0.05, 0) is 48.5 Å². The summed E-state index contributed by atoms with van der Waals surface area (Å²) in [5.41, 5.74) is 7.38. The molecule has 2 radical (unpaired) electrons. The molecule has 3 N–H and O–H groups in total. The highest BCUT2D eigenvalue weighted by molar-refractivity contribution is 6.35. The lowest BCUT2D eigenvalue weighted by Gasteiger charge is -2.25. The highest BCUT2D eigenvalue weighted by Gasteiger charge is 2.15. The van der Waals surface area contributed by atoms with Gasteiger partial charge in [0, 0.05) is 29.2 Å². The lowest BCUT2D eigenvalue weighted by Crippen LogP contribution is -2.37. The van der Waals surface area contributed by atoms with Gasteiger partial charge >= 0.3 is 0 Å². The monoisotopic (exact) mass is 394 g/mol. The quantitative estimate of drug-likeness (QED) is 0.322. The lowest BCUT2D eigenvalue weighted by molar-refractivity contribution is 0.289. The molecule has 26 heavy (non-hydrogen) atoms. The molecule has 0 aliphatic carbocycles. The average molecular weight is 395 g/mol. The van der Waals surface area contributed by atoms with Crippen LogP contribution in [0.2, 0.25) is 17.1 Å². The standard InChI is InChI=1S/C16H20ClFN6OSi/c17-12-9-11(1-2-13(12)18)21-16(19)15-14(22-25-23-15)10-20-3-4-24-5-7-26-8-6-24/h1-2,9,20H,3-8,10H2,(H2,19,21). The number of rotatable bonds is 7. The van der Waals surface area contributed by atoms with Crippen molar-refractivity contribution < 1.29 is 9.02 Å². The highest BCUT2D eigenvalue weighted by atomic mass is 35.5. The van der Waals surface area contributed by atoms with Crippen LogP contribution in [0.1, 0.15) is 11.4 Å². The molecule has 0 amide bonds. The summed E-state index contributed by atoms with van der Waals surface area (Å²) in [5.74, 6) is -0.367. The molecule has 1 aliphatic rings. The second kappa shape index (κ2) is 9.22. The van der Waals surface area contributed by atoms with E-state index < -0.39 is 5.82 Å². The Morgan fingerprint density at radius 2 is 2.19 bits per heavy atom. The van der Waals surface area contributed by atoms with Crippen molar-refractivity contribution in [1.29, 1.82) is 0 Å². The first-order chi connectivity index (χ1) is 12.6. The average Bonchev–Trinajstić information content (AvgIpc) is 3.11. The van der Waals surface area contributed by atoms with Gasteiger partial charge in [0.15, 0.2) is 11.5 Å². The number of halogens is 2. The van der Waals surface area contributed by atoms with Crippen molar-refractivity contribution in [2.75, 3.05) is 26.2 Å². The molecule has 2 heterocycles. The number of benzene rings is 1. The first-order valence-corrected chi connectivity index (χ1v) is 10.2. The smallest absolute Gasteiger partial charge is 0.174 e. The normalized spacial score (nSPS) is 16.2. The third-order valence-electron chi connectivity index (χ3n) is 4.06. The summed E-state index contributed by atoms with van der Waals surface area (Å²) in [4.78, 5) is 6.67. The van der Waals surface area contributed by atoms with E-state index in [1.807, 2.05) is 0 Å². The predicted octanol–water partition coefficient (Wildman–Crippen LogP) is 1.85. The van der Waals surface area contributed by atoms with Gasteiger partial charge in [0.2, 0.25) is 0 Å². The Bertz CT molecular complexity index is 765. The van der Waals surface area contributed by atoms with Crippen molar-refractivity contribution in [3.8, 4) is 0 Å². The Morgan fingerprint density at radius 3 is 2.96 bits per heavy atom. The van der Waals surface area contributed by atoms with Crippen LogP contribution in [-0.4, -0.2) is 56.7 Å². The summed E-state index contributed by atoms with van der Waals surface area (Å²) in [5, 5.41) is 11.0. The van der Waals surface area contributed by atoms with Gasteiger partial charge in [-0.1, -0.05) is 16.8 Å². The molecule has 1 saturated heterocycles. The molecular formula is C16H20ClFN6OSi. The van der Waals surface area contributed by atoms with E-state index in [1.165, 1.54) is 43.4 Å². The summed E-state index contributed by atoms with van der Waals surface area (Å²) in [6.45, 7) is 4.69. The van der Waals surface area contributed by atoms with Gasteiger partial charge in [-0.15, -0.1) is 0 Å². The SMILES string of the molecule is NC(=Nc1ccc(F)c(Cl)c1)c1nonc1CNCCN1CC[Si]CC1. The lowest BCUT2D eigenvalue weighted by atomic mass is 10.2. The van der Waals surface area contributed by atoms with Crippen LogP contribution < -0.4 is 11.1 Å². The number of hydrogen-bond acceptors (Lipinski definition) is 6. The zero-order valence-corrected chi connectivity index (χ0v) is 16.0. The second-order valence-electron chi connectivity index (χ2n) is 5.92. The van der Waals surface area contributed by atoms with E-state index in [4.69, 9.17) is 22.0 Å². The zero-order valence-electron chi connectivity index (χ0n) is 14.2. The summed E-state index contributed by atoms with van der Waals surface area (Å²) in [6.07, 6.45) is 0. The molecule has 0 unspecified atom stereocenters. The van der Waals surface area contributed by atoms with Crippen molar-refractivity contribution in [3.05, 3.63) is 40.4 Å². The molecule has 0 bridgehead atoms. The predicted molar refractivity (Wildman–Crippen MR) is 99.6 cm³/mol. The minimum absolute atomic E-state index is 0.0162. The number of amidine groups is 1. The first-order valence-electron chi connectivity index (χ1n) is 8.38. The minimum atomic E-state index is -0.508. The number of nitrogens with one attached hydrogen (secondary N) is 1. The molecule has 10 heteroatoms. The van der Waals surface area contributed by atoms with E-state index in [9.17, 15) is 4.39 Å². The van der Waals surface area contributed by atoms with Gasteiger partial charge in [-0.25, -0.2) is 14.0 Å². The second-order valence-corrected chi connectivity index (χ2v) is 7.83. The number of hydrogen-bond donors (Lipinski definition) is 2. The summed E-state index contributed by atoms with van der Waals surface area (Å²) in [6, 6.07) is 6.72. The van der Waals surface area contributed by atoms with Crippen LogP contribution in [0.25, 0.3) is 0 Å². The topological polar surface area (TPSA) is 92.6 Å². The zero-order chi connectivity index (χ0) is 18.4. The van der Waals surface area contributed by atoms with Gasteiger partial charge in [0.25, 0.3) is 0 Å². The first kappa shape index (κ1) is 19.0. The molecule has 7 nitrogen and oxygen atoms in total. The van der Waals surface area contributed by atoms with Gasteiger partial charge in [0.1, 0.15) is 11.5 Å². The van der Waals surface area contributed by atoms with E-state index >= 15 is 0 Å². The maximum Gasteiger partial charge on any atom is 0.174 e. The van der Waals surface area contributed by atoms with Gasteiger partial charge < -0.3 is 16.0 Å². The fourth-order valence-electron chi connectivity index (χ4n) is 2.64. The van der Waals surface area contributed by atoms with E-state index in [2.05, 4.69) is 25.5 Å².